The molecule has 0 bridgehead atoms. The average Bonchev–Trinajstić information content (AvgIpc) is 3.09. The summed E-state index contributed by atoms with van der Waals surface area (Å²) in [5.41, 5.74) is 2.13. The van der Waals surface area contributed by atoms with E-state index in [0.29, 0.717) is 17.3 Å². The highest BCUT2D eigenvalue weighted by Gasteiger charge is 2.11. The summed E-state index contributed by atoms with van der Waals surface area (Å²) in [6.45, 7) is 0. The summed E-state index contributed by atoms with van der Waals surface area (Å²) in [7, 11) is 0. The largest absolute Gasteiger partial charge is 0.472 e. The number of hydrogen-bond donors (Lipinski definition) is 0. The van der Waals surface area contributed by atoms with Gasteiger partial charge in [0.25, 0.3) is 5.89 Å². The number of hydrogen-bond acceptors (Lipinski definition) is 5. The number of rotatable bonds is 2. The van der Waals surface area contributed by atoms with Crippen LogP contribution < -0.4 is 0 Å². The molecule has 0 amide bonds. The summed E-state index contributed by atoms with van der Waals surface area (Å²) in [6.07, 6.45) is 3.10. The Morgan fingerprint density at radius 2 is 1.89 bits per heavy atom. The van der Waals surface area contributed by atoms with Crippen LogP contribution in [0.5, 0.6) is 0 Å². The SMILES string of the molecule is N#Cc1ccc(-c2nc(-c3ccoc3)no2)cc1. The zero-order chi connectivity index (χ0) is 12.4. The molecule has 18 heavy (non-hydrogen) atoms. The second kappa shape index (κ2) is 4.18. The van der Waals surface area contributed by atoms with Gasteiger partial charge in [0, 0.05) is 5.56 Å². The molecule has 5 heteroatoms. The van der Waals surface area contributed by atoms with Gasteiger partial charge < -0.3 is 8.94 Å². The molecule has 2 heterocycles. The van der Waals surface area contributed by atoms with E-state index < -0.39 is 0 Å². The highest BCUT2D eigenvalue weighted by molar-refractivity contribution is 5.59. The van der Waals surface area contributed by atoms with Gasteiger partial charge in [0.05, 0.1) is 23.5 Å². The maximum atomic E-state index is 8.72. The fraction of sp³-hybridized carbons (Fsp3) is 0. The standard InChI is InChI=1S/C13H7N3O2/c14-7-9-1-3-10(4-2-9)13-15-12(16-18-13)11-5-6-17-8-11/h1-6,8H. The predicted octanol–water partition coefficient (Wildman–Crippen LogP) is 2.87. The van der Waals surface area contributed by atoms with Gasteiger partial charge in [-0.15, -0.1) is 0 Å². The van der Waals surface area contributed by atoms with Crippen molar-refractivity contribution >= 4 is 0 Å². The third-order valence-corrected chi connectivity index (χ3v) is 2.47. The first-order valence-electron chi connectivity index (χ1n) is 5.23. The molecule has 0 aliphatic carbocycles. The lowest BCUT2D eigenvalue weighted by Gasteiger charge is -1.92. The topological polar surface area (TPSA) is 75.8 Å². The van der Waals surface area contributed by atoms with E-state index in [1.165, 1.54) is 0 Å². The van der Waals surface area contributed by atoms with E-state index in [-0.39, 0.29) is 0 Å². The lowest BCUT2D eigenvalue weighted by molar-refractivity contribution is 0.432. The zero-order valence-electron chi connectivity index (χ0n) is 9.20. The summed E-state index contributed by atoms with van der Waals surface area (Å²) in [5.74, 6) is 0.888. The molecule has 5 nitrogen and oxygen atoms in total. The van der Waals surface area contributed by atoms with Crippen molar-refractivity contribution in [2.75, 3.05) is 0 Å². The monoisotopic (exact) mass is 237 g/mol. The van der Waals surface area contributed by atoms with Gasteiger partial charge in [-0.2, -0.15) is 10.2 Å². The highest BCUT2D eigenvalue weighted by Crippen LogP contribution is 2.22. The van der Waals surface area contributed by atoms with Gasteiger partial charge in [0.2, 0.25) is 5.82 Å². The number of benzene rings is 1. The van der Waals surface area contributed by atoms with E-state index in [4.69, 9.17) is 14.2 Å². The van der Waals surface area contributed by atoms with Crippen molar-refractivity contribution < 1.29 is 8.94 Å². The van der Waals surface area contributed by atoms with Crippen molar-refractivity contribution in [2.24, 2.45) is 0 Å². The summed E-state index contributed by atoms with van der Waals surface area (Å²) < 4.78 is 10.1. The lowest BCUT2D eigenvalue weighted by Crippen LogP contribution is -1.80. The Balaban J connectivity index is 1.95. The average molecular weight is 237 g/mol. The Labute approximate surface area is 102 Å². The molecular weight excluding hydrogens is 230 g/mol. The van der Waals surface area contributed by atoms with Gasteiger partial charge in [-0.05, 0) is 30.3 Å². The Hall–Kier alpha value is -2.87. The number of furan rings is 1. The van der Waals surface area contributed by atoms with Crippen LogP contribution in [0.3, 0.4) is 0 Å². The number of nitrogens with zero attached hydrogens (tertiary/aromatic N) is 3. The zero-order valence-corrected chi connectivity index (χ0v) is 9.20. The minimum absolute atomic E-state index is 0.413. The van der Waals surface area contributed by atoms with Crippen LogP contribution in [0.4, 0.5) is 0 Å². The van der Waals surface area contributed by atoms with Gasteiger partial charge in [-0.3, -0.25) is 0 Å². The molecular formula is C13H7N3O2. The maximum absolute atomic E-state index is 8.72. The van der Waals surface area contributed by atoms with Gasteiger partial charge in [-0.25, -0.2) is 0 Å². The van der Waals surface area contributed by atoms with Crippen LogP contribution in [0.25, 0.3) is 22.8 Å². The molecule has 0 N–H and O–H groups in total. The van der Waals surface area contributed by atoms with E-state index >= 15 is 0 Å². The van der Waals surface area contributed by atoms with Crippen molar-refractivity contribution in [3.05, 3.63) is 48.4 Å². The molecule has 0 aliphatic heterocycles. The van der Waals surface area contributed by atoms with Crippen LogP contribution in [0, 0.1) is 11.3 Å². The molecule has 86 valence electrons. The Kier molecular flexibility index (Phi) is 2.39. The molecule has 2 aromatic heterocycles. The smallest absolute Gasteiger partial charge is 0.258 e. The van der Waals surface area contributed by atoms with Crippen LogP contribution in [0.15, 0.2) is 51.8 Å². The Bertz CT molecular complexity index is 691. The molecule has 0 unspecified atom stereocenters. The van der Waals surface area contributed by atoms with Crippen LogP contribution in [0.1, 0.15) is 5.56 Å². The fourth-order valence-electron chi connectivity index (χ4n) is 1.54. The van der Waals surface area contributed by atoms with Crippen LogP contribution >= 0.6 is 0 Å². The van der Waals surface area contributed by atoms with Gasteiger partial charge in [0.15, 0.2) is 0 Å². The van der Waals surface area contributed by atoms with Gasteiger partial charge >= 0.3 is 0 Å². The summed E-state index contributed by atoms with van der Waals surface area (Å²) in [4.78, 5) is 4.26. The first-order chi connectivity index (χ1) is 8.86. The van der Waals surface area contributed by atoms with E-state index in [1.54, 1.807) is 42.9 Å². The second-order valence-corrected chi connectivity index (χ2v) is 3.62. The van der Waals surface area contributed by atoms with Crippen LogP contribution in [0.2, 0.25) is 0 Å². The number of nitriles is 1. The minimum Gasteiger partial charge on any atom is -0.472 e. The molecule has 0 atom stereocenters. The molecule has 1 aromatic carbocycles. The minimum atomic E-state index is 0.413. The summed E-state index contributed by atoms with van der Waals surface area (Å²) >= 11 is 0. The van der Waals surface area contributed by atoms with Crippen LogP contribution in [-0.2, 0) is 0 Å². The van der Waals surface area contributed by atoms with Crippen LogP contribution in [-0.4, -0.2) is 10.1 Å². The predicted molar refractivity (Wildman–Crippen MR) is 62.2 cm³/mol. The molecule has 3 rings (SSSR count). The first-order valence-corrected chi connectivity index (χ1v) is 5.23. The summed E-state index contributed by atoms with van der Waals surface area (Å²) in [6, 6.07) is 10.8. The van der Waals surface area contributed by atoms with Crippen molar-refractivity contribution in [1.29, 1.82) is 5.26 Å². The molecule has 3 aromatic rings. The van der Waals surface area contributed by atoms with Gasteiger partial charge in [0.1, 0.15) is 6.26 Å². The molecule has 0 spiro atoms. The fourth-order valence-corrected chi connectivity index (χ4v) is 1.54. The summed E-state index contributed by atoms with van der Waals surface area (Å²) in [5, 5.41) is 12.6. The lowest BCUT2D eigenvalue weighted by atomic mass is 10.1. The highest BCUT2D eigenvalue weighted by atomic mass is 16.5. The molecule has 0 aliphatic rings. The Morgan fingerprint density at radius 1 is 1.06 bits per heavy atom. The maximum Gasteiger partial charge on any atom is 0.258 e. The normalized spacial score (nSPS) is 10.2. The van der Waals surface area contributed by atoms with E-state index in [9.17, 15) is 0 Å². The number of aromatic nitrogens is 2. The molecule has 0 saturated carbocycles. The molecule has 0 saturated heterocycles. The van der Waals surface area contributed by atoms with E-state index in [2.05, 4.69) is 16.2 Å². The molecule has 0 radical (unpaired) electrons. The quantitative estimate of drug-likeness (QED) is 0.684. The van der Waals surface area contributed by atoms with Crippen molar-refractivity contribution in [2.45, 2.75) is 0 Å². The first kappa shape index (κ1) is 10.3. The van der Waals surface area contributed by atoms with E-state index in [1.807, 2.05) is 0 Å². The second-order valence-electron chi connectivity index (χ2n) is 3.62. The van der Waals surface area contributed by atoms with E-state index in [0.717, 1.165) is 11.1 Å². The third kappa shape index (κ3) is 1.76. The van der Waals surface area contributed by atoms with Crippen molar-refractivity contribution in [3.8, 4) is 28.9 Å². The van der Waals surface area contributed by atoms with Gasteiger partial charge in [-0.1, -0.05) is 5.16 Å². The Morgan fingerprint density at radius 3 is 2.56 bits per heavy atom. The molecule has 0 fully saturated rings. The van der Waals surface area contributed by atoms with Crippen molar-refractivity contribution in [3.63, 3.8) is 0 Å². The third-order valence-electron chi connectivity index (χ3n) is 2.47. The van der Waals surface area contributed by atoms with Crippen molar-refractivity contribution in [1.82, 2.24) is 10.1 Å².